The van der Waals surface area contributed by atoms with Crippen LogP contribution in [0.5, 0.6) is 11.5 Å². The Bertz CT molecular complexity index is 581. The summed E-state index contributed by atoms with van der Waals surface area (Å²) < 4.78 is 11.3. The summed E-state index contributed by atoms with van der Waals surface area (Å²) in [7, 11) is 1.64. The molecule has 1 heterocycles. The highest BCUT2D eigenvalue weighted by Gasteiger charge is 2.25. The van der Waals surface area contributed by atoms with Gasteiger partial charge in [0.2, 0.25) is 5.91 Å². The van der Waals surface area contributed by atoms with Crippen LogP contribution in [-0.2, 0) is 11.3 Å². The van der Waals surface area contributed by atoms with E-state index in [1.165, 1.54) is 0 Å². The molecule has 1 fully saturated rings. The number of likely N-dealkylation sites (tertiary alicyclic amines) is 1. The number of nitrogens with one attached hydrogen (secondary N) is 1. The zero-order valence-corrected chi connectivity index (χ0v) is 14.5. The number of hydrazine groups is 1. The minimum Gasteiger partial charge on any atom is -0.493 e. The molecule has 1 amide bonds. The third-order valence-corrected chi connectivity index (χ3v) is 4.24. The van der Waals surface area contributed by atoms with Crippen LogP contribution in [0.1, 0.15) is 25.3 Å². The average Bonchev–Trinajstić information content (AvgIpc) is 2.60. The van der Waals surface area contributed by atoms with Crippen molar-refractivity contribution in [3.05, 3.63) is 35.9 Å². The Morgan fingerprint density at radius 1 is 1.42 bits per heavy atom. The van der Waals surface area contributed by atoms with Gasteiger partial charge in [0.25, 0.3) is 0 Å². The number of amides is 1. The lowest BCUT2D eigenvalue weighted by atomic mass is 9.96. The fourth-order valence-electron chi connectivity index (χ4n) is 2.92. The molecule has 1 aromatic carbocycles. The van der Waals surface area contributed by atoms with Crippen molar-refractivity contribution in [2.45, 2.75) is 26.3 Å². The Hall–Kier alpha value is -2.05. The maximum absolute atomic E-state index is 11.6. The fraction of sp³-hybridized carbons (Fsp3) is 0.500. The highest BCUT2D eigenvalue weighted by molar-refractivity contribution is 5.78. The summed E-state index contributed by atoms with van der Waals surface area (Å²) in [4.78, 5) is 13.9. The van der Waals surface area contributed by atoms with Crippen molar-refractivity contribution in [2.75, 3.05) is 26.8 Å². The number of hydrogen-bond donors (Lipinski definition) is 2. The molecular formula is C18H27N3O3. The fourth-order valence-corrected chi connectivity index (χ4v) is 2.92. The van der Waals surface area contributed by atoms with Crippen LogP contribution in [0.3, 0.4) is 0 Å². The highest BCUT2D eigenvalue weighted by atomic mass is 16.5. The Morgan fingerprint density at radius 3 is 2.71 bits per heavy atom. The smallest absolute Gasteiger partial charge is 0.237 e. The first-order chi connectivity index (χ1) is 11.5. The predicted octanol–water partition coefficient (Wildman–Crippen LogP) is 1.85. The maximum atomic E-state index is 11.6. The molecule has 24 heavy (non-hydrogen) atoms. The monoisotopic (exact) mass is 333 g/mol. The molecular weight excluding hydrogens is 306 g/mol. The van der Waals surface area contributed by atoms with Crippen LogP contribution < -0.4 is 20.7 Å². The number of benzene rings is 1. The summed E-state index contributed by atoms with van der Waals surface area (Å²) in [5.41, 5.74) is 4.29. The molecule has 0 aromatic heterocycles. The first kappa shape index (κ1) is 18.3. The molecule has 1 saturated heterocycles. The number of para-hydroxylation sites is 1. The van der Waals surface area contributed by atoms with Gasteiger partial charge >= 0.3 is 0 Å². The van der Waals surface area contributed by atoms with E-state index in [9.17, 15) is 4.79 Å². The highest BCUT2D eigenvalue weighted by Crippen LogP contribution is 2.33. The van der Waals surface area contributed by atoms with Crippen LogP contribution >= 0.6 is 0 Å². The largest absolute Gasteiger partial charge is 0.493 e. The summed E-state index contributed by atoms with van der Waals surface area (Å²) in [5, 5.41) is 0. The van der Waals surface area contributed by atoms with Crippen LogP contribution in [-0.4, -0.2) is 37.6 Å². The van der Waals surface area contributed by atoms with E-state index in [1.54, 1.807) is 7.11 Å². The quantitative estimate of drug-likeness (QED) is 0.345. The van der Waals surface area contributed by atoms with E-state index in [4.69, 9.17) is 15.3 Å². The maximum Gasteiger partial charge on any atom is 0.237 e. The van der Waals surface area contributed by atoms with Gasteiger partial charge in [-0.1, -0.05) is 18.7 Å². The number of carbonyl (C=O) groups excluding carboxylic acids is 1. The number of hydrogen-bond acceptors (Lipinski definition) is 5. The number of nitrogens with zero attached hydrogens (tertiary/aromatic N) is 1. The van der Waals surface area contributed by atoms with Crippen LogP contribution in [0, 0.1) is 5.92 Å². The minimum absolute atomic E-state index is 0.00990. The van der Waals surface area contributed by atoms with Crippen LogP contribution in [0.15, 0.2) is 30.4 Å². The molecule has 0 spiro atoms. The molecule has 3 N–H and O–H groups in total. The Morgan fingerprint density at radius 2 is 2.12 bits per heavy atom. The summed E-state index contributed by atoms with van der Waals surface area (Å²) in [6.07, 6.45) is 1.63. The molecule has 1 aliphatic heterocycles. The van der Waals surface area contributed by atoms with Crippen LogP contribution in [0.2, 0.25) is 0 Å². The Kier molecular flexibility index (Phi) is 6.63. The van der Waals surface area contributed by atoms with E-state index in [0.717, 1.165) is 55.1 Å². The molecule has 2 rings (SSSR count). The molecule has 1 aliphatic rings. The van der Waals surface area contributed by atoms with Crippen LogP contribution in [0.25, 0.3) is 0 Å². The van der Waals surface area contributed by atoms with E-state index in [-0.39, 0.29) is 11.8 Å². The number of ether oxygens (including phenoxy) is 2. The molecule has 0 saturated carbocycles. The molecule has 132 valence electrons. The normalized spacial score (nSPS) is 15.8. The van der Waals surface area contributed by atoms with Gasteiger partial charge in [-0.15, -0.1) is 0 Å². The molecule has 6 nitrogen and oxygen atoms in total. The van der Waals surface area contributed by atoms with E-state index in [0.29, 0.717) is 6.61 Å². The lowest BCUT2D eigenvalue weighted by Crippen LogP contribution is -2.42. The molecule has 6 heteroatoms. The zero-order valence-electron chi connectivity index (χ0n) is 14.5. The standard InChI is InChI=1S/C18H27N3O3/c1-13(2)12-24-17-15(5-4-6-16(17)23-3)11-21-9-7-14(8-10-21)18(22)20-19/h4-6,14H,1,7-12,19H2,2-3H3,(H,20,22). The lowest BCUT2D eigenvalue weighted by Gasteiger charge is -2.31. The zero-order chi connectivity index (χ0) is 17.5. The Labute approximate surface area is 143 Å². The van der Waals surface area contributed by atoms with E-state index in [1.807, 2.05) is 19.1 Å². The van der Waals surface area contributed by atoms with Gasteiger partial charge in [0, 0.05) is 18.0 Å². The van der Waals surface area contributed by atoms with Crippen molar-refractivity contribution in [1.29, 1.82) is 0 Å². The van der Waals surface area contributed by atoms with Crippen LogP contribution in [0.4, 0.5) is 0 Å². The van der Waals surface area contributed by atoms with Crippen molar-refractivity contribution < 1.29 is 14.3 Å². The summed E-state index contributed by atoms with van der Waals surface area (Å²) >= 11 is 0. The van der Waals surface area contributed by atoms with Gasteiger partial charge in [0.05, 0.1) is 7.11 Å². The second kappa shape index (κ2) is 8.70. The van der Waals surface area contributed by atoms with Gasteiger partial charge in [-0.25, -0.2) is 5.84 Å². The van der Waals surface area contributed by atoms with Gasteiger partial charge < -0.3 is 9.47 Å². The van der Waals surface area contributed by atoms with Gasteiger partial charge in [0.15, 0.2) is 11.5 Å². The first-order valence-electron chi connectivity index (χ1n) is 8.21. The van der Waals surface area contributed by atoms with E-state index >= 15 is 0 Å². The summed E-state index contributed by atoms with van der Waals surface area (Å²) in [6, 6.07) is 5.92. The molecule has 0 unspecified atom stereocenters. The molecule has 0 aliphatic carbocycles. The van der Waals surface area contributed by atoms with Crippen molar-refractivity contribution in [1.82, 2.24) is 10.3 Å². The molecule has 0 atom stereocenters. The number of piperidine rings is 1. The topological polar surface area (TPSA) is 76.8 Å². The number of methoxy groups -OCH3 is 1. The second-order valence-electron chi connectivity index (χ2n) is 6.25. The summed E-state index contributed by atoms with van der Waals surface area (Å²) in [6.45, 7) is 8.75. The van der Waals surface area contributed by atoms with Crippen molar-refractivity contribution >= 4 is 5.91 Å². The molecule has 0 bridgehead atoms. The molecule has 0 radical (unpaired) electrons. The SMILES string of the molecule is C=C(C)COc1c(CN2CCC(C(=O)NN)CC2)cccc1OC. The molecule has 1 aromatic rings. The second-order valence-corrected chi connectivity index (χ2v) is 6.25. The van der Waals surface area contributed by atoms with Crippen molar-refractivity contribution in [3.63, 3.8) is 0 Å². The van der Waals surface area contributed by atoms with Gasteiger partial charge in [-0.2, -0.15) is 0 Å². The summed E-state index contributed by atoms with van der Waals surface area (Å²) in [5.74, 6) is 6.66. The van der Waals surface area contributed by atoms with Crippen molar-refractivity contribution in [2.24, 2.45) is 11.8 Å². The van der Waals surface area contributed by atoms with Crippen molar-refractivity contribution in [3.8, 4) is 11.5 Å². The Balaban J connectivity index is 2.04. The number of carbonyl (C=O) groups is 1. The van der Waals surface area contributed by atoms with E-state index in [2.05, 4.69) is 23.0 Å². The predicted molar refractivity (Wildman–Crippen MR) is 93.6 cm³/mol. The average molecular weight is 333 g/mol. The van der Waals surface area contributed by atoms with Gasteiger partial charge in [-0.05, 0) is 44.5 Å². The van der Waals surface area contributed by atoms with E-state index < -0.39 is 0 Å². The lowest BCUT2D eigenvalue weighted by molar-refractivity contribution is -0.126. The number of nitrogens with two attached hydrogens (primary N) is 1. The minimum atomic E-state index is -0.0680. The third kappa shape index (κ3) is 4.72. The third-order valence-electron chi connectivity index (χ3n) is 4.24. The first-order valence-corrected chi connectivity index (χ1v) is 8.21. The van der Waals surface area contributed by atoms with Gasteiger partial charge in [-0.3, -0.25) is 15.1 Å². The van der Waals surface area contributed by atoms with Gasteiger partial charge in [0.1, 0.15) is 6.61 Å². The number of rotatable bonds is 7.